The van der Waals surface area contributed by atoms with Gasteiger partial charge in [-0.3, -0.25) is 4.79 Å². The highest BCUT2D eigenvalue weighted by Crippen LogP contribution is 2.27. The van der Waals surface area contributed by atoms with E-state index >= 15 is 0 Å². The number of piperazine rings is 1. The van der Waals surface area contributed by atoms with Gasteiger partial charge in [-0.15, -0.1) is 24.8 Å². The molecule has 1 amide bonds. The molecule has 3 rings (SSSR count). The molecule has 136 valence electrons. The largest absolute Gasteiger partial charge is 0.368 e. The summed E-state index contributed by atoms with van der Waals surface area (Å²) in [4.78, 5) is 16.5. The summed E-state index contributed by atoms with van der Waals surface area (Å²) in [7, 11) is 0. The molecule has 2 fully saturated rings. The van der Waals surface area contributed by atoms with Crippen LogP contribution in [0, 0.1) is 11.7 Å². The highest BCUT2D eigenvalue weighted by molar-refractivity contribution is 5.85. The van der Waals surface area contributed by atoms with E-state index in [9.17, 15) is 9.18 Å². The Hall–Kier alpha value is -1.04. The number of halogens is 3. The number of nitrogens with two attached hydrogens (primary N) is 1. The van der Waals surface area contributed by atoms with Gasteiger partial charge in [0.05, 0.1) is 0 Å². The first kappa shape index (κ1) is 21.0. The van der Waals surface area contributed by atoms with Crippen LogP contribution in [0.25, 0.3) is 0 Å². The standard InChI is InChI=1S/C17H24FN3O.2ClH/c18-14-4-6-15(7-5-14)20-8-10-21(11-9-20)17(22)12-13-2-1-3-16(13)19;;/h4-7,13,16H,1-3,8-12,19H2;2*1H/t13-,16+;;/m0../s1. The maximum atomic E-state index is 13.0. The highest BCUT2D eigenvalue weighted by Gasteiger charge is 2.29. The van der Waals surface area contributed by atoms with Gasteiger partial charge < -0.3 is 15.5 Å². The van der Waals surface area contributed by atoms with E-state index < -0.39 is 0 Å². The minimum atomic E-state index is -0.217. The number of rotatable bonds is 3. The lowest BCUT2D eigenvalue weighted by atomic mass is 9.99. The Morgan fingerprint density at radius 3 is 2.25 bits per heavy atom. The molecule has 1 saturated heterocycles. The summed E-state index contributed by atoms with van der Waals surface area (Å²) in [5.74, 6) is 0.384. The molecule has 1 aromatic carbocycles. The molecule has 1 saturated carbocycles. The summed E-state index contributed by atoms with van der Waals surface area (Å²) in [6.45, 7) is 3.07. The van der Waals surface area contributed by atoms with E-state index in [0.29, 0.717) is 12.3 Å². The maximum absolute atomic E-state index is 13.0. The predicted octanol–water partition coefficient (Wildman–Crippen LogP) is 2.84. The first-order chi connectivity index (χ1) is 10.6. The quantitative estimate of drug-likeness (QED) is 0.880. The van der Waals surface area contributed by atoms with Gasteiger partial charge in [0.15, 0.2) is 0 Å². The fraction of sp³-hybridized carbons (Fsp3) is 0.588. The molecule has 1 aliphatic carbocycles. The van der Waals surface area contributed by atoms with E-state index in [1.165, 1.54) is 12.1 Å². The molecule has 0 unspecified atom stereocenters. The zero-order valence-corrected chi connectivity index (χ0v) is 15.3. The van der Waals surface area contributed by atoms with Crippen LogP contribution in [0.15, 0.2) is 24.3 Å². The normalized spacial score (nSPS) is 23.4. The van der Waals surface area contributed by atoms with Gasteiger partial charge in [-0.1, -0.05) is 6.42 Å². The van der Waals surface area contributed by atoms with E-state index in [-0.39, 0.29) is 42.6 Å². The number of carbonyl (C=O) groups is 1. The molecule has 0 radical (unpaired) electrons. The third-order valence-electron chi connectivity index (χ3n) is 4.98. The second-order valence-corrected chi connectivity index (χ2v) is 6.40. The van der Waals surface area contributed by atoms with Crippen LogP contribution in [0.1, 0.15) is 25.7 Å². The summed E-state index contributed by atoms with van der Waals surface area (Å²) in [6.07, 6.45) is 3.88. The van der Waals surface area contributed by atoms with Crippen molar-refractivity contribution in [3.63, 3.8) is 0 Å². The van der Waals surface area contributed by atoms with Crippen LogP contribution in [0.3, 0.4) is 0 Å². The summed E-state index contributed by atoms with van der Waals surface area (Å²) in [5, 5.41) is 0. The topological polar surface area (TPSA) is 49.6 Å². The molecule has 4 nitrogen and oxygen atoms in total. The molecular formula is C17H26Cl2FN3O. The second kappa shape index (κ2) is 9.44. The van der Waals surface area contributed by atoms with Crippen LogP contribution in [0.5, 0.6) is 0 Å². The molecule has 0 bridgehead atoms. The fourth-order valence-electron chi connectivity index (χ4n) is 3.54. The molecule has 0 aromatic heterocycles. The van der Waals surface area contributed by atoms with Gasteiger partial charge in [0.1, 0.15) is 5.82 Å². The van der Waals surface area contributed by atoms with Crippen LogP contribution in [0.2, 0.25) is 0 Å². The lowest BCUT2D eigenvalue weighted by molar-refractivity contribution is -0.132. The minimum Gasteiger partial charge on any atom is -0.368 e. The van der Waals surface area contributed by atoms with Crippen molar-refractivity contribution < 1.29 is 9.18 Å². The molecule has 2 aliphatic rings. The van der Waals surface area contributed by atoms with E-state index in [1.807, 2.05) is 4.90 Å². The number of nitrogens with zero attached hydrogens (tertiary/aromatic N) is 2. The average Bonchev–Trinajstić information content (AvgIpc) is 2.93. The number of hydrogen-bond donors (Lipinski definition) is 1. The molecule has 0 spiro atoms. The van der Waals surface area contributed by atoms with E-state index in [0.717, 1.165) is 51.1 Å². The van der Waals surface area contributed by atoms with E-state index in [4.69, 9.17) is 5.73 Å². The predicted molar refractivity (Wildman–Crippen MR) is 99.6 cm³/mol. The smallest absolute Gasteiger partial charge is 0.223 e. The lowest BCUT2D eigenvalue weighted by Crippen LogP contribution is -2.49. The van der Waals surface area contributed by atoms with Crippen LogP contribution in [-0.2, 0) is 4.79 Å². The van der Waals surface area contributed by atoms with Crippen molar-refractivity contribution in [3.8, 4) is 0 Å². The molecule has 2 atom stereocenters. The Balaban J connectivity index is 0.00000144. The summed E-state index contributed by atoms with van der Waals surface area (Å²) in [5.41, 5.74) is 7.08. The summed E-state index contributed by atoms with van der Waals surface area (Å²) < 4.78 is 13.0. The third-order valence-corrected chi connectivity index (χ3v) is 4.98. The van der Waals surface area contributed by atoms with Crippen LogP contribution < -0.4 is 10.6 Å². The highest BCUT2D eigenvalue weighted by atomic mass is 35.5. The van der Waals surface area contributed by atoms with Crippen LogP contribution in [-0.4, -0.2) is 43.0 Å². The van der Waals surface area contributed by atoms with Crippen molar-refractivity contribution in [3.05, 3.63) is 30.1 Å². The zero-order valence-electron chi connectivity index (χ0n) is 13.7. The van der Waals surface area contributed by atoms with Gasteiger partial charge in [0, 0.05) is 44.3 Å². The van der Waals surface area contributed by atoms with Gasteiger partial charge in [-0.05, 0) is 43.0 Å². The molecule has 24 heavy (non-hydrogen) atoms. The number of anilines is 1. The lowest BCUT2D eigenvalue weighted by Gasteiger charge is -2.36. The minimum absolute atomic E-state index is 0. The van der Waals surface area contributed by atoms with Gasteiger partial charge in [-0.2, -0.15) is 0 Å². The molecule has 7 heteroatoms. The number of amides is 1. The first-order valence-electron chi connectivity index (χ1n) is 8.17. The Morgan fingerprint density at radius 1 is 1.08 bits per heavy atom. The Kier molecular flexibility index (Phi) is 8.27. The zero-order chi connectivity index (χ0) is 15.5. The SMILES string of the molecule is Cl.Cl.N[C@@H]1CCC[C@H]1CC(=O)N1CCN(c2ccc(F)cc2)CC1. The third kappa shape index (κ3) is 4.98. The Bertz CT molecular complexity index is 521. The molecule has 1 aromatic rings. The van der Waals surface area contributed by atoms with E-state index in [1.54, 1.807) is 12.1 Å². The second-order valence-electron chi connectivity index (χ2n) is 6.40. The van der Waals surface area contributed by atoms with Crippen molar-refractivity contribution in [2.75, 3.05) is 31.1 Å². The first-order valence-corrected chi connectivity index (χ1v) is 8.17. The summed E-state index contributed by atoms with van der Waals surface area (Å²) in [6, 6.07) is 6.75. The van der Waals surface area contributed by atoms with Crippen LogP contribution >= 0.6 is 24.8 Å². The number of carbonyl (C=O) groups excluding carboxylic acids is 1. The summed E-state index contributed by atoms with van der Waals surface area (Å²) >= 11 is 0. The van der Waals surface area contributed by atoms with Crippen molar-refractivity contribution >= 4 is 36.4 Å². The van der Waals surface area contributed by atoms with Crippen molar-refractivity contribution in [1.82, 2.24) is 4.90 Å². The molecular weight excluding hydrogens is 352 g/mol. The van der Waals surface area contributed by atoms with E-state index in [2.05, 4.69) is 4.90 Å². The Morgan fingerprint density at radius 2 is 1.71 bits per heavy atom. The Labute approximate surface area is 155 Å². The molecule has 1 heterocycles. The fourth-order valence-corrected chi connectivity index (χ4v) is 3.54. The van der Waals surface area contributed by atoms with Crippen molar-refractivity contribution in [2.45, 2.75) is 31.7 Å². The van der Waals surface area contributed by atoms with Crippen LogP contribution in [0.4, 0.5) is 10.1 Å². The maximum Gasteiger partial charge on any atom is 0.223 e. The van der Waals surface area contributed by atoms with Crippen molar-refractivity contribution in [2.24, 2.45) is 11.7 Å². The average molecular weight is 378 g/mol. The molecule has 2 N–H and O–H groups in total. The van der Waals surface area contributed by atoms with Gasteiger partial charge in [0.25, 0.3) is 0 Å². The molecule has 1 aliphatic heterocycles. The monoisotopic (exact) mass is 377 g/mol. The number of hydrogen-bond acceptors (Lipinski definition) is 3. The van der Waals surface area contributed by atoms with Gasteiger partial charge >= 0.3 is 0 Å². The van der Waals surface area contributed by atoms with Gasteiger partial charge in [0.2, 0.25) is 5.91 Å². The van der Waals surface area contributed by atoms with Gasteiger partial charge in [-0.25, -0.2) is 4.39 Å². The number of benzene rings is 1. The van der Waals surface area contributed by atoms with Crippen molar-refractivity contribution in [1.29, 1.82) is 0 Å².